The van der Waals surface area contributed by atoms with Crippen LogP contribution in [0.3, 0.4) is 0 Å². The lowest BCUT2D eigenvalue weighted by atomic mass is 9.92. The zero-order valence-electron chi connectivity index (χ0n) is 47.0. The molecule has 9 nitrogen and oxygen atoms in total. The molecule has 0 saturated carbocycles. The Labute approximate surface area is 444 Å². The molecule has 0 spiro atoms. The van der Waals surface area contributed by atoms with Gasteiger partial charge in [0.15, 0.2) is 28.2 Å². The van der Waals surface area contributed by atoms with Gasteiger partial charge >= 0.3 is 0 Å². The number of Topliss-reactive ketones (excluding diaryl/α,β-unsaturated/α-hetero) is 2. The van der Waals surface area contributed by atoms with Crippen molar-refractivity contribution in [2.75, 3.05) is 26.4 Å². The van der Waals surface area contributed by atoms with Gasteiger partial charge in [0.1, 0.15) is 0 Å². The number of aryl methyl sites for hydroxylation is 4. The van der Waals surface area contributed by atoms with Crippen molar-refractivity contribution in [2.45, 2.75) is 199 Å². The van der Waals surface area contributed by atoms with E-state index in [1.54, 1.807) is 6.92 Å². The van der Waals surface area contributed by atoms with Crippen LogP contribution in [0.5, 0.6) is 0 Å². The Bertz CT molecular complexity index is 2170. The monoisotopic (exact) mass is 1040 g/mol. The second kappa shape index (κ2) is 30.5. The van der Waals surface area contributed by atoms with E-state index in [0.717, 1.165) is 92.9 Å². The Morgan fingerprint density at radius 3 is 1.18 bits per heavy atom. The third-order valence-electron chi connectivity index (χ3n) is 15.4. The van der Waals surface area contributed by atoms with Crippen LogP contribution in [-0.4, -0.2) is 81.8 Å². The predicted octanol–water partition coefficient (Wildman–Crippen LogP) is 13.6. The molecule has 11 heteroatoms. The van der Waals surface area contributed by atoms with E-state index in [-0.39, 0.29) is 40.8 Å². The Morgan fingerprint density at radius 1 is 0.493 bits per heavy atom. The normalized spacial score (nSPS) is 12.5. The van der Waals surface area contributed by atoms with Crippen LogP contribution in [0.25, 0.3) is 0 Å². The maximum Gasteiger partial charge on any atom is 0.217 e. The highest BCUT2D eigenvalue weighted by Gasteiger charge is 2.44. The summed E-state index contributed by atoms with van der Waals surface area (Å²) in [6.45, 7) is 24.3. The number of amides is 1. The van der Waals surface area contributed by atoms with E-state index in [0.29, 0.717) is 45.3 Å². The Hall–Kier alpha value is -4.08. The van der Waals surface area contributed by atoms with Crippen molar-refractivity contribution >= 4 is 34.1 Å². The minimum atomic E-state index is -2.07. The number of ketones is 2. The number of unbranched alkanes of at least 4 members (excludes halogenated alkanes) is 6. The fraction of sp³-hybridized carbons (Fsp3) is 0.565. The summed E-state index contributed by atoms with van der Waals surface area (Å²) in [7, 11) is -4.15. The molecular weight excluding hydrogens is 941 g/mol. The highest BCUT2D eigenvalue weighted by molar-refractivity contribution is 6.74. The molecule has 4 rings (SSSR count). The average Bonchev–Trinajstić information content (AvgIpc) is 3.36. The molecule has 0 fully saturated rings. The van der Waals surface area contributed by atoms with Crippen LogP contribution in [0, 0.1) is 0 Å². The summed E-state index contributed by atoms with van der Waals surface area (Å²) in [4.78, 5) is 37.8. The molecule has 73 heavy (non-hydrogen) atoms. The SMILES string of the molecule is CC(=O)NC(CCc1ccc(C(=O)CCCCCCc2ccccc2)cc1)(CO[Si](C)(C)C(C)(C)C)CO[Si](C)(C)C(C)(C)C.NC(CO)(CO)CCc1ccc(C(=O)CCCCCCc2ccccc2)cc1. The van der Waals surface area contributed by atoms with Crippen LogP contribution >= 0.6 is 0 Å². The summed E-state index contributed by atoms with van der Waals surface area (Å²) in [6.07, 6.45) is 14.6. The van der Waals surface area contributed by atoms with Crippen LogP contribution in [0.2, 0.25) is 36.3 Å². The first-order valence-corrected chi connectivity index (χ1v) is 33.0. The molecular formula is C62H96N2O7Si2. The molecule has 0 aliphatic heterocycles. The molecule has 1 amide bonds. The molecule has 4 aromatic rings. The van der Waals surface area contributed by atoms with Crippen LogP contribution in [0.15, 0.2) is 109 Å². The molecule has 0 radical (unpaired) electrons. The van der Waals surface area contributed by atoms with Gasteiger partial charge in [-0.1, -0.05) is 176 Å². The van der Waals surface area contributed by atoms with Crippen molar-refractivity contribution in [3.63, 3.8) is 0 Å². The van der Waals surface area contributed by atoms with Gasteiger partial charge in [-0.2, -0.15) is 0 Å². The minimum absolute atomic E-state index is 0.0553. The van der Waals surface area contributed by atoms with Crippen LogP contribution in [-0.2, 0) is 39.3 Å². The average molecular weight is 1040 g/mol. The van der Waals surface area contributed by atoms with Crippen molar-refractivity contribution in [1.29, 1.82) is 0 Å². The van der Waals surface area contributed by atoms with Gasteiger partial charge in [0.2, 0.25) is 5.91 Å². The van der Waals surface area contributed by atoms with Gasteiger partial charge < -0.3 is 30.1 Å². The highest BCUT2D eigenvalue weighted by atomic mass is 28.4. The van der Waals surface area contributed by atoms with Crippen molar-refractivity contribution < 1.29 is 33.4 Å². The number of benzene rings is 4. The van der Waals surface area contributed by atoms with E-state index in [1.807, 2.05) is 42.5 Å². The largest absolute Gasteiger partial charge is 0.414 e. The van der Waals surface area contributed by atoms with Crippen molar-refractivity contribution in [3.05, 3.63) is 143 Å². The smallest absolute Gasteiger partial charge is 0.217 e. The maximum absolute atomic E-state index is 12.9. The van der Waals surface area contributed by atoms with Gasteiger partial charge in [-0.3, -0.25) is 14.4 Å². The molecule has 4 aromatic carbocycles. The van der Waals surface area contributed by atoms with E-state index < -0.39 is 27.7 Å². The maximum atomic E-state index is 12.9. The van der Waals surface area contributed by atoms with Gasteiger partial charge in [-0.15, -0.1) is 0 Å². The fourth-order valence-electron chi connectivity index (χ4n) is 7.98. The number of nitrogens with two attached hydrogens (primary N) is 1. The minimum Gasteiger partial charge on any atom is -0.414 e. The predicted molar refractivity (Wildman–Crippen MR) is 309 cm³/mol. The van der Waals surface area contributed by atoms with Crippen LogP contribution < -0.4 is 11.1 Å². The first kappa shape index (κ1) is 63.2. The molecule has 5 N–H and O–H groups in total. The molecule has 0 heterocycles. The lowest BCUT2D eigenvalue weighted by Gasteiger charge is -2.44. The standard InChI is InChI=1S/C38H63NO4Si2.C24H33NO3/c1-31(40)39-38(29-42-44(8,9)36(2,3)4,30-43-45(10,11)37(5,6)7)28-27-33-23-25-34(26-24-33)35(41)22-18-13-12-15-19-32-20-16-14-17-21-32;25-24(18-26,19-27)17-16-21-12-14-22(15-13-21)23(28)11-7-2-1-4-8-20-9-5-3-6-10-20/h14,16-17,20-21,23-26H,12-13,15,18-19,22,27-30H2,1-11H3,(H,39,40);3,5-6,9-10,12-15,26-27H,1-2,4,7-8,11,16-19,25H2. The third kappa shape index (κ3) is 23.1. The molecule has 0 aromatic heterocycles. The van der Waals surface area contributed by atoms with Gasteiger partial charge in [0, 0.05) is 30.9 Å². The zero-order chi connectivity index (χ0) is 54.2. The number of aliphatic hydroxyl groups is 2. The van der Waals surface area contributed by atoms with Crippen molar-refractivity contribution in [2.24, 2.45) is 5.73 Å². The topological polar surface area (TPSA) is 148 Å². The summed E-state index contributed by atoms with van der Waals surface area (Å²) in [5.74, 6) is 0.324. The summed E-state index contributed by atoms with van der Waals surface area (Å²) in [5, 5.41) is 21.9. The summed E-state index contributed by atoms with van der Waals surface area (Å²) >= 11 is 0. The number of nitrogens with one attached hydrogen (secondary N) is 1. The lowest BCUT2D eigenvalue weighted by molar-refractivity contribution is -0.122. The van der Waals surface area contributed by atoms with E-state index in [1.165, 1.54) is 11.1 Å². The van der Waals surface area contributed by atoms with E-state index in [4.69, 9.17) is 14.6 Å². The summed E-state index contributed by atoms with van der Waals surface area (Å²) in [5.41, 5.74) is 10.8. The van der Waals surface area contributed by atoms with Crippen molar-refractivity contribution in [1.82, 2.24) is 5.32 Å². The first-order valence-electron chi connectivity index (χ1n) is 27.2. The van der Waals surface area contributed by atoms with Gasteiger partial charge in [0.25, 0.3) is 0 Å². The number of aliphatic hydroxyl groups excluding tert-OH is 2. The number of rotatable bonds is 31. The molecule has 0 aliphatic rings. The van der Waals surface area contributed by atoms with E-state index in [9.17, 15) is 24.6 Å². The molecule has 0 unspecified atom stereocenters. The van der Waals surface area contributed by atoms with Crippen LogP contribution in [0.4, 0.5) is 0 Å². The third-order valence-corrected chi connectivity index (χ3v) is 24.3. The molecule has 0 aliphatic carbocycles. The second-order valence-corrected chi connectivity index (χ2v) is 33.4. The number of hydrogen-bond donors (Lipinski definition) is 4. The Balaban J connectivity index is 0.000000429. The zero-order valence-corrected chi connectivity index (χ0v) is 49.0. The fourth-order valence-corrected chi connectivity index (χ4v) is 10.1. The molecule has 0 bridgehead atoms. The molecule has 0 saturated heterocycles. The molecule has 0 atom stereocenters. The number of hydrogen-bond acceptors (Lipinski definition) is 8. The van der Waals surface area contributed by atoms with Crippen LogP contribution in [0.1, 0.15) is 168 Å². The summed E-state index contributed by atoms with van der Waals surface area (Å²) in [6, 6.07) is 36.8. The number of carbonyl (C=O) groups is 3. The Kier molecular flexibility index (Phi) is 26.4. The summed E-state index contributed by atoms with van der Waals surface area (Å²) < 4.78 is 13.5. The van der Waals surface area contributed by atoms with Gasteiger partial charge in [0.05, 0.1) is 37.5 Å². The lowest BCUT2D eigenvalue weighted by Crippen LogP contribution is -2.59. The quantitative estimate of drug-likeness (QED) is 0.0221. The van der Waals surface area contributed by atoms with Crippen molar-refractivity contribution in [3.8, 4) is 0 Å². The van der Waals surface area contributed by atoms with E-state index >= 15 is 0 Å². The van der Waals surface area contributed by atoms with E-state index in [2.05, 4.69) is 140 Å². The molecule has 404 valence electrons. The highest BCUT2D eigenvalue weighted by Crippen LogP contribution is 2.39. The Morgan fingerprint density at radius 2 is 0.836 bits per heavy atom. The van der Waals surface area contributed by atoms with Gasteiger partial charge in [-0.25, -0.2) is 0 Å². The number of carbonyl (C=O) groups excluding carboxylic acids is 3. The first-order chi connectivity index (χ1) is 34.3. The second-order valence-electron chi connectivity index (χ2n) is 23.8. The van der Waals surface area contributed by atoms with Gasteiger partial charge in [-0.05, 0) is 123 Å².